The van der Waals surface area contributed by atoms with Crippen molar-refractivity contribution >= 4 is 5.97 Å². The van der Waals surface area contributed by atoms with Crippen LogP contribution >= 0.6 is 0 Å². The summed E-state index contributed by atoms with van der Waals surface area (Å²) >= 11 is 0. The second kappa shape index (κ2) is 6.08. The van der Waals surface area contributed by atoms with Gasteiger partial charge in [0.15, 0.2) is 0 Å². The van der Waals surface area contributed by atoms with Gasteiger partial charge >= 0.3 is 5.97 Å². The molecule has 1 aromatic heterocycles. The minimum atomic E-state index is -0.814. The van der Waals surface area contributed by atoms with E-state index >= 15 is 0 Å². The maximum Gasteiger partial charge on any atom is 0.303 e. The third-order valence-corrected chi connectivity index (χ3v) is 2.58. The van der Waals surface area contributed by atoms with Crippen LogP contribution < -0.4 is 0 Å². The first kappa shape index (κ1) is 13.2. The fourth-order valence-electron chi connectivity index (χ4n) is 1.65. The van der Waals surface area contributed by atoms with Gasteiger partial charge in [-0.3, -0.25) is 4.79 Å². The van der Waals surface area contributed by atoms with Crippen LogP contribution in [-0.4, -0.2) is 21.2 Å². The summed E-state index contributed by atoms with van der Waals surface area (Å²) in [5.74, 6) is -0.395. The van der Waals surface area contributed by atoms with E-state index in [-0.39, 0.29) is 12.2 Å². The molecule has 1 N–H and O–H groups in total. The predicted octanol–water partition coefficient (Wildman–Crippen LogP) is 2.67. The Morgan fingerprint density at radius 1 is 1.37 bits per heavy atom. The van der Waals surface area contributed by atoms with Crippen molar-refractivity contribution in [3.8, 4) is 11.4 Å². The van der Waals surface area contributed by atoms with Crippen molar-refractivity contribution in [2.75, 3.05) is 0 Å². The minimum Gasteiger partial charge on any atom is -0.481 e. The summed E-state index contributed by atoms with van der Waals surface area (Å²) in [6.07, 6.45) is 1.88. The van der Waals surface area contributed by atoms with E-state index in [4.69, 9.17) is 9.63 Å². The standard InChI is InChI=1S/C13H13FN2O3/c14-10-5-3-4-9(8-10)13-15-11(19-16-13)6-1-2-7-12(17)18/h3-5,8H,1-2,6-7H2,(H,17,18). The third kappa shape index (κ3) is 3.87. The number of hydrogen-bond acceptors (Lipinski definition) is 4. The quantitative estimate of drug-likeness (QED) is 0.812. The zero-order chi connectivity index (χ0) is 13.7. The molecule has 0 bridgehead atoms. The van der Waals surface area contributed by atoms with Crippen LogP contribution in [0.2, 0.25) is 0 Å². The van der Waals surface area contributed by atoms with Gasteiger partial charge < -0.3 is 9.63 Å². The molecule has 0 saturated heterocycles. The zero-order valence-electron chi connectivity index (χ0n) is 10.2. The molecule has 0 unspecified atom stereocenters. The number of carbonyl (C=O) groups is 1. The second-order valence-corrected chi connectivity index (χ2v) is 4.12. The maximum absolute atomic E-state index is 13.0. The largest absolute Gasteiger partial charge is 0.481 e. The maximum atomic E-state index is 13.0. The Balaban J connectivity index is 1.94. The van der Waals surface area contributed by atoms with E-state index < -0.39 is 5.97 Å². The molecule has 6 heteroatoms. The molecule has 1 aromatic carbocycles. The molecule has 0 spiro atoms. The summed E-state index contributed by atoms with van der Waals surface area (Å²) in [4.78, 5) is 14.5. The summed E-state index contributed by atoms with van der Waals surface area (Å²) in [5, 5.41) is 12.3. The van der Waals surface area contributed by atoms with E-state index in [2.05, 4.69) is 10.1 Å². The Labute approximate surface area is 109 Å². The van der Waals surface area contributed by atoms with Gasteiger partial charge in [-0.2, -0.15) is 4.98 Å². The van der Waals surface area contributed by atoms with Crippen LogP contribution in [0.3, 0.4) is 0 Å². The molecule has 0 aliphatic heterocycles. The van der Waals surface area contributed by atoms with Crippen molar-refractivity contribution < 1.29 is 18.8 Å². The molecule has 0 aliphatic rings. The molecular formula is C13H13FN2O3. The minimum absolute atomic E-state index is 0.130. The van der Waals surface area contributed by atoms with Crippen LogP contribution in [0.1, 0.15) is 25.2 Å². The molecule has 100 valence electrons. The van der Waals surface area contributed by atoms with Gasteiger partial charge in [0.2, 0.25) is 11.7 Å². The molecule has 0 atom stereocenters. The lowest BCUT2D eigenvalue weighted by molar-refractivity contribution is -0.137. The molecule has 19 heavy (non-hydrogen) atoms. The zero-order valence-corrected chi connectivity index (χ0v) is 10.2. The van der Waals surface area contributed by atoms with Gasteiger partial charge in [0.05, 0.1) is 0 Å². The predicted molar refractivity (Wildman–Crippen MR) is 64.9 cm³/mol. The summed E-state index contributed by atoms with van der Waals surface area (Å²) in [6.45, 7) is 0. The first-order valence-electron chi connectivity index (χ1n) is 5.95. The van der Waals surface area contributed by atoms with Gasteiger partial charge in [0.25, 0.3) is 0 Å². The Morgan fingerprint density at radius 2 is 2.21 bits per heavy atom. The van der Waals surface area contributed by atoms with Crippen LogP contribution in [0, 0.1) is 5.82 Å². The van der Waals surface area contributed by atoms with Crippen LogP contribution in [0.5, 0.6) is 0 Å². The third-order valence-electron chi connectivity index (χ3n) is 2.58. The van der Waals surface area contributed by atoms with Crippen LogP contribution in [0.25, 0.3) is 11.4 Å². The Morgan fingerprint density at radius 3 is 2.95 bits per heavy atom. The molecule has 5 nitrogen and oxygen atoms in total. The normalized spacial score (nSPS) is 10.6. The molecule has 0 amide bonds. The van der Waals surface area contributed by atoms with Gasteiger partial charge in [-0.1, -0.05) is 17.3 Å². The lowest BCUT2D eigenvalue weighted by atomic mass is 10.2. The Bertz CT molecular complexity index is 569. The highest BCUT2D eigenvalue weighted by Crippen LogP contribution is 2.17. The molecular weight excluding hydrogens is 251 g/mol. The fraction of sp³-hybridized carbons (Fsp3) is 0.308. The van der Waals surface area contributed by atoms with Crippen LogP contribution in [0.4, 0.5) is 4.39 Å². The highest BCUT2D eigenvalue weighted by molar-refractivity contribution is 5.66. The van der Waals surface area contributed by atoms with E-state index in [9.17, 15) is 9.18 Å². The van der Waals surface area contributed by atoms with E-state index in [1.54, 1.807) is 12.1 Å². The van der Waals surface area contributed by atoms with E-state index in [1.807, 2.05) is 0 Å². The average Bonchev–Trinajstić information content (AvgIpc) is 2.83. The SMILES string of the molecule is O=C(O)CCCCc1nc(-c2cccc(F)c2)no1. The molecule has 0 aliphatic carbocycles. The number of carboxylic acid groups (broad SMARTS) is 1. The van der Waals surface area contributed by atoms with Crippen molar-refractivity contribution in [3.63, 3.8) is 0 Å². The molecule has 0 fully saturated rings. The van der Waals surface area contributed by atoms with Crippen molar-refractivity contribution in [1.29, 1.82) is 0 Å². The van der Waals surface area contributed by atoms with Gasteiger partial charge in [0, 0.05) is 18.4 Å². The van der Waals surface area contributed by atoms with E-state index in [0.29, 0.717) is 36.5 Å². The lowest BCUT2D eigenvalue weighted by Crippen LogP contribution is -1.95. The Kier molecular flexibility index (Phi) is 4.22. The lowest BCUT2D eigenvalue weighted by Gasteiger charge is -1.94. The first-order chi connectivity index (χ1) is 9.15. The second-order valence-electron chi connectivity index (χ2n) is 4.12. The Hall–Kier alpha value is -2.24. The van der Waals surface area contributed by atoms with Crippen molar-refractivity contribution in [2.24, 2.45) is 0 Å². The number of unbranched alkanes of at least 4 members (excludes halogenated alkanes) is 1. The number of hydrogen-bond donors (Lipinski definition) is 1. The van der Waals surface area contributed by atoms with Crippen molar-refractivity contribution in [1.82, 2.24) is 10.1 Å². The monoisotopic (exact) mass is 264 g/mol. The van der Waals surface area contributed by atoms with Crippen molar-refractivity contribution in [3.05, 3.63) is 36.0 Å². The molecule has 1 heterocycles. The molecule has 0 radical (unpaired) electrons. The number of nitrogens with zero attached hydrogens (tertiary/aromatic N) is 2. The number of carboxylic acids is 1. The van der Waals surface area contributed by atoms with Gasteiger partial charge in [-0.05, 0) is 25.0 Å². The van der Waals surface area contributed by atoms with Crippen LogP contribution in [-0.2, 0) is 11.2 Å². The smallest absolute Gasteiger partial charge is 0.303 e. The first-order valence-corrected chi connectivity index (χ1v) is 5.95. The van der Waals surface area contributed by atoms with Crippen LogP contribution in [0.15, 0.2) is 28.8 Å². The number of aliphatic carboxylic acids is 1. The number of benzene rings is 1. The fourth-order valence-corrected chi connectivity index (χ4v) is 1.65. The van der Waals surface area contributed by atoms with Crippen molar-refractivity contribution in [2.45, 2.75) is 25.7 Å². The molecule has 0 saturated carbocycles. The number of rotatable bonds is 6. The van der Waals surface area contributed by atoms with E-state index in [0.717, 1.165) is 0 Å². The summed E-state index contributed by atoms with van der Waals surface area (Å²) in [6, 6.07) is 5.95. The number of aryl methyl sites for hydroxylation is 1. The van der Waals surface area contributed by atoms with Gasteiger partial charge in [0.1, 0.15) is 5.82 Å². The highest BCUT2D eigenvalue weighted by Gasteiger charge is 2.09. The summed E-state index contributed by atoms with van der Waals surface area (Å²) < 4.78 is 18.1. The molecule has 2 rings (SSSR count). The number of halogens is 1. The summed E-state index contributed by atoms with van der Waals surface area (Å²) in [5.41, 5.74) is 0.556. The molecule has 2 aromatic rings. The topological polar surface area (TPSA) is 76.2 Å². The van der Waals surface area contributed by atoms with E-state index in [1.165, 1.54) is 12.1 Å². The average molecular weight is 264 g/mol. The van der Waals surface area contributed by atoms with Gasteiger partial charge in [-0.15, -0.1) is 0 Å². The summed E-state index contributed by atoms with van der Waals surface area (Å²) in [7, 11) is 0. The van der Waals surface area contributed by atoms with Gasteiger partial charge in [-0.25, -0.2) is 4.39 Å². The number of aromatic nitrogens is 2. The highest BCUT2D eigenvalue weighted by atomic mass is 19.1.